The molecule has 0 radical (unpaired) electrons. The first kappa shape index (κ1) is 11.9. The number of nitrogens with zero attached hydrogens (tertiary/aromatic N) is 1. The fraction of sp³-hybridized carbons (Fsp3) is 0.538. The Kier molecular flexibility index (Phi) is 2.81. The van der Waals surface area contributed by atoms with Gasteiger partial charge in [0.25, 0.3) is 5.91 Å². The summed E-state index contributed by atoms with van der Waals surface area (Å²) in [6.45, 7) is 8.67. The van der Waals surface area contributed by atoms with Crippen molar-refractivity contribution in [3.63, 3.8) is 0 Å². The van der Waals surface area contributed by atoms with E-state index in [9.17, 15) is 4.79 Å². The first-order chi connectivity index (χ1) is 7.90. The van der Waals surface area contributed by atoms with Gasteiger partial charge in [-0.1, -0.05) is 19.9 Å². The summed E-state index contributed by atoms with van der Waals surface area (Å²) in [5.41, 5.74) is 1.46. The summed E-state index contributed by atoms with van der Waals surface area (Å²) in [4.78, 5) is 16.1. The van der Waals surface area contributed by atoms with Crippen molar-refractivity contribution in [1.82, 2.24) is 10.3 Å². The number of hydrogen-bond donors (Lipinski definition) is 1. The van der Waals surface area contributed by atoms with Crippen LogP contribution in [0.5, 0.6) is 5.88 Å². The van der Waals surface area contributed by atoms with Crippen molar-refractivity contribution in [2.75, 3.05) is 6.61 Å². The fourth-order valence-electron chi connectivity index (χ4n) is 1.85. The number of aromatic nitrogens is 1. The van der Waals surface area contributed by atoms with Crippen molar-refractivity contribution in [2.45, 2.75) is 39.2 Å². The van der Waals surface area contributed by atoms with Gasteiger partial charge in [0.1, 0.15) is 5.69 Å². The average Bonchev–Trinajstić information content (AvgIpc) is 2.53. The number of carbonyl (C=O) groups excluding carboxylic acids is 1. The van der Waals surface area contributed by atoms with Crippen molar-refractivity contribution in [3.8, 4) is 5.88 Å². The van der Waals surface area contributed by atoms with Crippen LogP contribution in [0.25, 0.3) is 0 Å². The summed E-state index contributed by atoms with van der Waals surface area (Å²) >= 11 is 0. The van der Waals surface area contributed by atoms with Crippen LogP contribution in [0.15, 0.2) is 12.1 Å². The predicted octanol–water partition coefficient (Wildman–Crippen LogP) is 1.89. The third-order valence-electron chi connectivity index (χ3n) is 2.81. The highest BCUT2D eigenvalue weighted by Gasteiger charge is 2.33. The Morgan fingerprint density at radius 2 is 2.18 bits per heavy atom. The van der Waals surface area contributed by atoms with Crippen LogP contribution in [0, 0.1) is 0 Å². The molecule has 0 saturated carbocycles. The monoisotopic (exact) mass is 234 g/mol. The van der Waals surface area contributed by atoms with E-state index in [-0.39, 0.29) is 17.4 Å². The molecule has 1 aliphatic heterocycles. The number of fused-ring (bicyclic) bond motifs is 1. The molecule has 17 heavy (non-hydrogen) atoms. The van der Waals surface area contributed by atoms with Crippen LogP contribution in [-0.2, 0) is 5.41 Å². The Labute approximate surface area is 101 Å². The Balaban J connectivity index is 2.27. The molecule has 0 bridgehead atoms. The second-order valence-electron chi connectivity index (χ2n) is 5.35. The van der Waals surface area contributed by atoms with Crippen LogP contribution in [0.4, 0.5) is 0 Å². The highest BCUT2D eigenvalue weighted by atomic mass is 16.5. The second-order valence-corrected chi connectivity index (χ2v) is 5.35. The third kappa shape index (κ3) is 2.25. The number of hydrogen-bond acceptors (Lipinski definition) is 3. The minimum Gasteiger partial charge on any atom is -0.477 e. The topological polar surface area (TPSA) is 51.2 Å². The Bertz CT molecular complexity index is 453. The van der Waals surface area contributed by atoms with Gasteiger partial charge in [0, 0.05) is 17.0 Å². The minimum atomic E-state index is -0.156. The summed E-state index contributed by atoms with van der Waals surface area (Å²) in [6, 6.07) is 3.80. The molecule has 4 heteroatoms. The number of amides is 1. The van der Waals surface area contributed by atoms with Gasteiger partial charge in [-0.15, -0.1) is 0 Å². The molecule has 0 saturated heterocycles. The van der Waals surface area contributed by atoms with Crippen LogP contribution in [0.2, 0.25) is 0 Å². The van der Waals surface area contributed by atoms with Gasteiger partial charge in [0.05, 0.1) is 6.61 Å². The number of pyridine rings is 1. The molecule has 1 aromatic rings. The zero-order valence-corrected chi connectivity index (χ0v) is 10.7. The van der Waals surface area contributed by atoms with Crippen molar-refractivity contribution < 1.29 is 9.53 Å². The predicted molar refractivity (Wildman–Crippen MR) is 65.4 cm³/mol. The summed E-state index contributed by atoms with van der Waals surface area (Å²) in [7, 11) is 0. The zero-order valence-electron chi connectivity index (χ0n) is 10.7. The third-order valence-corrected chi connectivity index (χ3v) is 2.81. The molecule has 4 nitrogen and oxygen atoms in total. The van der Waals surface area contributed by atoms with Crippen molar-refractivity contribution in [2.24, 2.45) is 0 Å². The second kappa shape index (κ2) is 4.02. The Morgan fingerprint density at radius 1 is 1.47 bits per heavy atom. The normalized spacial score (nSPS) is 16.5. The van der Waals surface area contributed by atoms with Crippen molar-refractivity contribution >= 4 is 5.91 Å². The number of carbonyl (C=O) groups is 1. The molecular formula is C13H18N2O2. The molecule has 0 atom stereocenters. The molecule has 0 aromatic carbocycles. The maximum absolute atomic E-state index is 11.8. The quantitative estimate of drug-likeness (QED) is 0.850. The molecule has 1 amide bonds. The van der Waals surface area contributed by atoms with Crippen LogP contribution >= 0.6 is 0 Å². The van der Waals surface area contributed by atoms with Crippen LogP contribution in [-0.4, -0.2) is 23.5 Å². The van der Waals surface area contributed by atoms with Crippen LogP contribution in [0.1, 0.15) is 43.7 Å². The SMILES string of the molecule is CC(C)NC(=O)c1ccc2c(n1)OCC2(C)C. The van der Waals surface area contributed by atoms with Gasteiger partial charge in [0.2, 0.25) is 5.88 Å². The molecule has 1 N–H and O–H groups in total. The van der Waals surface area contributed by atoms with Crippen molar-refractivity contribution in [3.05, 3.63) is 23.4 Å². The number of rotatable bonds is 2. The van der Waals surface area contributed by atoms with Gasteiger partial charge in [0.15, 0.2) is 0 Å². The summed E-state index contributed by atoms with van der Waals surface area (Å²) < 4.78 is 5.52. The van der Waals surface area contributed by atoms with Gasteiger partial charge in [-0.05, 0) is 19.9 Å². The standard InChI is InChI=1S/C13H18N2O2/c1-8(2)14-11(16)10-6-5-9-12(15-10)17-7-13(9,3)4/h5-6,8H,7H2,1-4H3,(H,14,16). The molecule has 0 fully saturated rings. The Morgan fingerprint density at radius 3 is 2.82 bits per heavy atom. The van der Waals surface area contributed by atoms with E-state index in [4.69, 9.17) is 4.74 Å². The van der Waals surface area contributed by atoms with E-state index in [2.05, 4.69) is 24.1 Å². The van der Waals surface area contributed by atoms with Gasteiger partial charge in [-0.25, -0.2) is 4.98 Å². The van der Waals surface area contributed by atoms with E-state index in [1.165, 1.54) is 0 Å². The molecule has 0 aliphatic carbocycles. The zero-order chi connectivity index (χ0) is 12.6. The lowest BCUT2D eigenvalue weighted by Gasteiger charge is -2.14. The van der Waals surface area contributed by atoms with E-state index in [1.54, 1.807) is 6.07 Å². The van der Waals surface area contributed by atoms with E-state index in [0.717, 1.165) is 5.56 Å². The average molecular weight is 234 g/mol. The largest absolute Gasteiger partial charge is 0.477 e. The first-order valence-corrected chi connectivity index (χ1v) is 5.85. The van der Waals surface area contributed by atoms with Crippen LogP contribution < -0.4 is 10.1 Å². The minimum absolute atomic E-state index is 0.0185. The fourth-order valence-corrected chi connectivity index (χ4v) is 1.85. The van der Waals surface area contributed by atoms with Gasteiger partial charge in [-0.2, -0.15) is 0 Å². The molecule has 1 aromatic heterocycles. The number of ether oxygens (including phenoxy) is 1. The lowest BCUT2D eigenvalue weighted by atomic mass is 9.88. The molecule has 1 aliphatic rings. The molecule has 0 unspecified atom stereocenters. The molecular weight excluding hydrogens is 216 g/mol. The molecule has 92 valence electrons. The summed E-state index contributed by atoms with van der Waals surface area (Å²) in [5.74, 6) is 0.433. The van der Waals surface area contributed by atoms with Crippen LogP contribution in [0.3, 0.4) is 0 Å². The lowest BCUT2D eigenvalue weighted by molar-refractivity contribution is 0.0937. The highest BCUT2D eigenvalue weighted by molar-refractivity contribution is 5.92. The lowest BCUT2D eigenvalue weighted by Crippen LogP contribution is -2.30. The maximum atomic E-state index is 11.8. The molecule has 2 rings (SSSR count). The maximum Gasteiger partial charge on any atom is 0.270 e. The Hall–Kier alpha value is -1.58. The molecule has 0 spiro atoms. The smallest absolute Gasteiger partial charge is 0.270 e. The van der Waals surface area contributed by atoms with E-state index in [0.29, 0.717) is 18.2 Å². The van der Waals surface area contributed by atoms with E-state index >= 15 is 0 Å². The van der Waals surface area contributed by atoms with Gasteiger partial charge >= 0.3 is 0 Å². The van der Waals surface area contributed by atoms with E-state index in [1.807, 2.05) is 19.9 Å². The van der Waals surface area contributed by atoms with Crippen molar-refractivity contribution in [1.29, 1.82) is 0 Å². The summed E-state index contributed by atoms with van der Waals surface area (Å²) in [5, 5.41) is 2.81. The first-order valence-electron chi connectivity index (χ1n) is 5.85. The summed E-state index contributed by atoms with van der Waals surface area (Å²) in [6.07, 6.45) is 0. The highest BCUT2D eigenvalue weighted by Crippen LogP contribution is 2.36. The molecule has 2 heterocycles. The van der Waals surface area contributed by atoms with Gasteiger partial charge < -0.3 is 10.1 Å². The van der Waals surface area contributed by atoms with E-state index < -0.39 is 0 Å². The number of nitrogens with one attached hydrogen (secondary N) is 1. The van der Waals surface area contributed by atoms with Gasteiger partial charge in [-0.3, -0.25) is 4.79 Å².